The van der Waals surface area contributed by atoms with Gasteiger partial charge in [-0.1, -0.05) is 91.0 Å². The number of hydrogen-bond donors (Lipinski definition) is 0. The summed E-state index contributed by atoms with van der Waals surface area (Å²) in [6.07, 6.45) is -0.297. The third kappa shape index (κ3) is 3.28. The Labute approximate surface area is 200 Å². The van der Waals surface area contributed by atoms with Crippen LogP contribution in [0.5, 0.6) is 0 Å². The van der Waals surface area contributed by atoms with Gasteiger partial charge in [-0.15, -0.1) is 0 Å². The van der Waals surface area contributed by atoms with E-state index >= 15 is 0 Å². The van der Waals surface area contributed by atoms with Crippen molar-refractivity contribution in [3.8, 4) is 0 Å². The van der Waals surface area contributed by atoms with E-state index in [1.165, 1.54) is 10.8 Å². The molecule has 5 heteroatoms. The van der Waals surface area contributed by atoms with Crippen LogP contribution in [0.4, 0.5) is 0 Å². The molecule has 1 unspecified atom stereocenters. The fraction of sp³-hybridized carbons (Fsp3) is 0.0714. The average molecular weight is 493 g/mol. The number of rotatable bonds is 3. The number of nitrogens with zero attached hydrogens (tertiary/aromatic N) is 4. The third-order valence-electron chi connectivity index (χ3n) is 6.11. The van der Waals surface area contributed by atoms with Crippen LogP contribution in [-0.4, -0.2) is 28.2 Å². The zero-order valence-electron chi connectivity index (χ0n) is 18.1. The second-order valence-corrected chi connectivity index (χ2v) is 8.95. The number of hydrogen-bond acceptors (Lipinski definition) is 3. The van der Waals surface area contributed by atoms with Gasteiger partial charge in [-0.05, 0) is 28.1 Å². The lowest BCUT2D eigenvalue weighted by Crippen LogP contribution is -2.38. The van der Waals surface area contributed by atoms with Crippen molar-refractivity contribution in [3.05, 3.63) is 119 Å². The summed E-state index contributed by atoms with van der Waals surface area (Å²) in [7, 11) is 2.07. The SMILES string of the molecule is CN1C(c2ccccc2)=NC(c2ccccc2)=NC1n1c2ccccc2c2cccc(Br)c21. The third-order valence-corrected chi connectivity index (χ3v) is 6.75. The molecule has 33 heavy (non-hydrogen) atoms. The Balaban J connectivity index is 1.65. The lowest BCUT2D eigenvalue weighted by Gasteiger charge is -2.34. The van der Waals surface area contributed by atoms with E-state index in [0.717, 1.165) is 38.3 Å². The fourth-order valence-corrected chi connectivity index (χ4v) is 5.13. The maximum absolute atomic E-state index is 5.19. The molecule has 0 amide bonds. The minimum absolute atomic E-state index is 0.297. The molecule has 0 aliphatic carbocycles. The molecule has 1 aliphatic heterocycles. The van der Waals surface area contributed by atoms with Gasteiger partial charge in [0.25, 0.3) is 0 Å². The van der Waals surface area contributed by atoms with Crippen LogP contribution in [0, 0.1) is 0 Å². The number of benzene rings is 4. The minimum atomic E-state index is -0.297. The van der Waals surface area contributed by atoms with Crippen LogP contribution < -0.4 is 0 Å². The molecular formula is C28H21BrN4. The molecule has 0 bridgehead atoms. The number of aliphatic imine (C=N–C) groups is 2. The molecule has 1 aromatic heterocycles. The molecule has 0 fully saturated rings. The molecule has 0 saturated carbocycles. The maximum atomic E-state index is 5.19. The molecule has 0 N–H and O–H groups in total. The highest BCUT2D eigenvalue weighted by molar-refractivity contribution is 9.10. The van der Waals surface area contributed by atoms with Crippen molar-refractivity contribution in [1.82, 2.24) is 9.47 Å². The first-order valence-electron chi connectivity index (χ1n) is 10.9. The standard InChI is InChI=1S/C28H21BrN4/c1-32-27(20-13-6-3-7-14-20)30-26(19-11-4-2-5-12-19)31-28(32)33-24-18-9-8-15-21(24)22-16-10-17-23(29)25(22)33/h2-18,28H,1H3. The van der Waals surface area contributed by atoms with Crippen molar-refractivity contribution in [2.45, 2.75) is 6.29 Å². The summed E-state index contributed by atoms with van der Waals surface area (Å²) in [6, 6.07) is 35.4. The van der Waals surface area contributed by atoms with Gasteiger partial charge in [0.05, 0.1) is 11.0 Å². The van der Waals surface area contributed by atoms with Crippen molar-refractivity contribution in [1.29, 1.82) is 0 Å². The summed E-state index contributed by atoms with van der Waals surface area (Å²) >= 11 is 3.81. The van der Waals surface area contributed by atoms with E-state index in [0.29, 0.717) is 0 Å². The Morgan fingerprint density at radius 2 is 1.33 bits per heavy atom. The highest BCUT2D eigenvalue weighted by Gasteiger charge is 2.29. The van der Waals surface area contributed by atoms with Gasteiger partial charge in [0.15, 0.2) is 5.84 Å². The van der Waals surface area contributed by atoms with Gasteiger partial charge in [0.1, 0.15) is 5.84 Å². The summed E-state index contributed by atoms with van der Waals surface area (Å²) in [5.74, 6) is 1.63. The van der Waals surface area contributed by atoms with Crippen molar-refractivity contribution in [2.24, 2.45) is 9.98 Å². The van der Waals surface area contributed by atoms with Crippen LogP contribution >= 0.6 is 15.9 Å². The lowest BCUT2D eigenvalue weighted by molar-refractivity contribution is 0.297. The van der Waals surface area contributed by atoms with E-state index < -0.39 is 0 Å². The van der Waals surface area contributed by atoms with E-state index in [2.05, 4.69) is 99.2 Å². The Hall–Kier alpha value is -3.70. The summed E-state index contributed by atoms with van der Waals surface area (Å²) < 4.78 is 3.36. The smallest absolute Gasteiger partial charge is 0.206 e. The average Bonchev–Trinajstić information content (AvgIpc) is 3.21. The molecule has 4 aromatic carbocycles. The van der Waals surface area contributed by atoms with Crippen LogP contribution in [0.15, 0.2) is 118 Å². The first-order valence-corrected chi connectivity index (χ1v) is 11.7. The molecule has 6 rings (SSSR count). The van der Waals surface area contributed by atoms with E-state index in [1.807, 2.05) is 36.4 Å². The van der Waals surface area contributed by atoms with E-state index in [-0.39, 0.29) is 6.29 Å². The molecule has 0 saturated heterocycles. The van der Waals surface area contributed by atoms with Gasteiger partial charge in [-0.3, -0.25) is 4.57 Å². The van der Waals surface area contributed by atoms with Crippen molar-refractivity contribution >= 4 is 49.4 Å². The van der Waals surface area contributed by atoms with Crippen molar-refractivity contribution in [2.75, 3.05) is 7.05 Å². The van der Waals surface area contributed by atoms with Gasteiger partial charge in [-0.25, -0.2) is 9.98 Å². The van der Waals surface area contributed by atoms with Gasteiger partial charge >= 0.3 is 0 Å². The monoisotopic (exact) mass is 492 g/mol. The maximum Gasteiger partial charge on any atom is 0.206 e. The first-order chi connectivity index (χ1) is 16.2. The van der Waals surface area contributed by atoms with Gasteiger partial charge < -0.3 is 4.90 Å². The molecule has 2 heterocycles. The Bertz CT molecular complexity index is 1530. The highest BCUT2D eigenvalue weighted by atomic mass is 79.9. The van der Waals surface area contributed by atoms with E-state index in [4.69, 9.17) is 9.98 Å². The highest BCUT2D eigenvalue weighted by Crippen LogP contribution is 2.38. The Morgan fingerprint density at radius 1 is 0.697 bits per heavy atom. The summed E-state index contributed by atoms with van der Waals surface area (Å²) in [5.41, 5.74) is 4.33. The molecule has 0 spiro atoms. The molecule has 4 nitrogen and oxygen atoms in total. The molecule has 0 radical (unpaired) electrons. The van der Waals surface area contributed by atoms with E-state index in [9.17, 15) is 0 Å². The second kappa shape index (κ2) is 8.01. The molecular weight excluding hydrogens is 472 g/mol. The predicted octanol–water partition coefficient (Wildman–Crippen LogP) is 6.85. The van der Waals surface area contributed by atoms with Crippen LogP contribution in [-0.2, 0) is 0 Å². The normalized spacial score (nSPS) is 16.2. The Kier molecular flexibility index (Phi) is 4.84. The van der Waals surface area contributed by atoms with E-state index in [1.54, 1.807) is 0 Å². The molecule has 5 aromatic rings. The number of amidine groups is 2. The first kappa shape index (κ1) is 19.9. The number of fused-ring (bicyclic) bond motifs is 3. The molecule has 1 atom stereocenters. The topological polar surface area (TPSA) is 32.9 Å². The number of aromatic nitrogens is 1. The van der Waals surface area contributed by atoms with Crippen LogP contribution in [0.3, 0.4) is 0 Å². The fourth-order valence-electron chi connectivity index (χ4n) is 4.58. The van der Waals surface area contributed by atoms with Crippen LogP contribution in [0.25, 0.3) is 21.8 Å². The summed E-state index contributed by atoms with van der Waals surface area (Å²) in [6.45, 7) is 0. The zero-order valence-corrected chi connectivity index (χ0v) is 19.6. The predicted molar refractivity (Wildman–Crippen MR) is 140 cm³/mol. The lowest BCUT2D eigenvalue weighted by atomic mass is 10.1. The summed E-state index contributed by atoms with van der Waals surface area (Å²) in [4.78, 5) is 12.4. The number of para-hydroxylation sites is 2. The van der Waals surface area contributed by atoms with Gasteiger partial charge in [0.2, 0.25) is 6.29 Å². The molecule has 160 valence electrons. The molecule has 1 aliphatic rings. The second-order valence-electron chi connectivity index (χ2n) is 8.10. The Morgan fingerprint density at radius 3 is 2.09 bits per heavy atom. The minimum Gasteiger partial charge on any atom is -0.320 e. The van der Waals surface area contributed by atoms with Gasteiger partial charge in [0, 0.05) is 33.4 Å². The quantitative estimate of drug-likeness (QED) is 0.271. The largest absolute Gasteiger partial charge is 0.320 e. The summed E-state index contributed by atoms with van der Waals surface area (Å²) in [5, 5.41) is 2.41. The number of halogens is 1. The van der Waals surface area contributed by atoms with Crippen LogP contribution in [0.2, 0.25) is 0 Å². The van der Waals surface area contributed by atoms with Gasteiger partial charge in [-0.2, -0.15) is 0 Å². The zero-order chi connectivity index (χ0) is 22.4. The van der Waals surface area contributed by atoms with Crippen molar-refractivity contribution < 1.29 is 0 Å². The van der Waals surface area contributed by atoms with Crippen molar-refractivity contribution in [3.63, 3.8) is 0 Å². The van der Waals surface area contributed by atoms with Crippen LogP contribution in [0.1, 0.15) is 17.4 Å².